The summed E-state index contributed by atoms with van der Waals surface area (Å²) < 4.78 is 160. The van der Waals surface area contributed by atoms with Gasteiger partial charge in [-0.1, -0.05) is 47.1 Å². The van der Waals surface area contributed by atoms with Crippen molar-refractivity contribution in [2.45, 2.75) is 170 Å². The fourth-order valence-corrected chi connectivity index (χ4v) is 25.3. The molecule has 8 aliphatic carbocycles. The SMILES string of the molecule is C=C(C)C(=O)OCCNC(=O)COC1C2CC3C(C)(C2)C1OS3(=O)=O.C=C(C)C(=O)OCCNC(=O)COC1C2CC3C(C2)S(=O)(=O)OC31C.C=C(C)C(=O)OCCNC(=O)COC1C2CC3C1OS(=O)(=O)C3C2C.C=C(C)C(=O)OCCNC(=O)COC1C2OS(=O)(=O)C3CC1(C)CC23. The number of fused-ring (bicyclic) bond motifs is 4. The maximum absolute atomic E-state index is 12.0. The Balaban J connectivity index is 0.000000156. The maximum Gasteiger partial charge on any atom is 0.333 e. The summed E-state index contributed by atoms with van der Waals surface area (Å²) >= 11 is 0. The van der Waals surface area contributed by atoms with Gasteiger partial charge in [0.1, 0.15) is 76.8 Å². The average Bonchev–Trinajstić information content (AvgIpc) is 1.57. The molecule has 36 heteroatoms. The van der Waals surface area contributed by atoms with Gasteiger partial charge in [-0.2, -0.15) is 33.7 Å². The molecule has 8 bridgehead atoms. The first-order chi connectivity index (χ1) is 46.7. The molecule has 4 heterocycles. The minimum Gasteiger partial charge on any atom is -0.460 e. The summed E-state index contributed by atoms with van der Waals surface area (Å²) in [5, 5.41) is 8.60. The van der Waals surface area contributed by atoms with Gasteiger partial charge in [0.2, 0.25) is 23.6 Å². The van der Waals surface area contributed by atoms with E-state index in [0.717, 1.165) is 25.7 Å². The van der Waals surface area contributed by atoms with Crippen LogP contribution in [0.2, 0.25) is 0 Å². The van der Waals surface area contributed by atoms with Gasteiger partial charge in [0, 0.05) is 45.5 Å². The Labute approximate surface area is 582 Å². The molecular formula is C64H92N4O28S4. The number of hydrogen-bond acceptors (Lipinski definition) is 28. The standard InChI is InChI=1S/4C16H23NO7S/c1-9(2)15(19)22-5-4-17-12(18)8-23-14-13-10-6-16(14,3)7-11(10)25(20,21)24-13;1-9(2)15(19)22-5-4-17-12(18)8-23-13-10-6-11-16(3,7-10)14(13)24-25(11,20)21;1-9(2)15(19)22-5-4-17-13(18)8-23-14-10-6-11-12(7-10)25(20,21)24-16(11,14)3;1-8(2)16(19)22-5-4-17-12(18)7-23-13-10-6-11-14(13)24-25(20,21)15(11)9(10)3/h2*10-11,13-14H,1,4-8H2,2-3H3,(H,17,18);10-12,14H,1,4-8H2,2-3H3,(H,17,18);9-11,13-15H,1,4-7H2,2-3H3,(H,17,18). The monoisotopic (exact) mass is 1490 g/mol. The fourth-order valence-electron chi connectivity index (χ4n) is 16.9. The molecule has 0 aromatic carbocycles. The lowest BCUT2D eigenvalue weighted by atomic mass is 9.82. The normalized spacial score (nSPS) is 37.0. The lowest BCUT2D eigenvalue weighted by Gasteiger charge is -2.33. The van der Waals surface area contributed by atoms with Crippen molar-refractivity contribution < 1.29 is 127 Å². The second kappa shape index (κ2) is 30.5. The van der Waals surface area contributed by atoms with Gasteiger partial charge >= 0.3 is 23.9 Å². The Kier molecular flexibility index (Phi) is 23.9. The van der Waals surface area contributed by atoms with E-state index in [4.69, 9.17) is 54.6 Å². The van der Waals surface area contributed by atoms with Gasteiger partial charge in [-0.05, 0) is 109 Å². The molecule has 4 N–H and O–H groups in total. The molecule has 4 aliphatic heterocycles. The van der Waals surface area contributed by atoms with E-state index in [2.05, 4.69) is 47.6 Å². The smallest absolute Gasteiger partial charge is 0.333 e. The van der Waals surface area contributed by atoms with Crippen LogP contribution < -0.4 is 21.3 Å². The molecule has 12 aliphatic rings. The summed E-state index contributed by atoms with van der Waals surface area (Å²) in [4.78, 5) is 92.2. The molecular weight excluding hydrogens is 1400 g/mol. The molecule has 0 aromatic rings. The van der Waals surface area contributed by atoms with Crippen molar-refractivity contribution in [1.29, 1.82) is 0 Å². The molecule has 8 saturated carbocycles. The number of carbonyl (C=O) groups is 8. The molecule has 100 heavy (non-hydrogen) atoms. The highest BCUT2D eigenvalue weighted by atomic mass is 32.2. The van der Waals surface area contributed by atoms with Crippen molar-refractivity contribution in [2.24, 2.45) is 52.3 Å². The van der Waals surface area contributed by atoms with Crippen molar-refractivity contribution in [1.82, 2.24) is 21.3 Å². The van der Waals surface area contributed by atoms with Crippen LogP contribution in [0.5, 0.6) is 0 Å². The predicted octanol–water partition coefficient (Wildman–Crippen LogP) is 0.393. The predicted molar refractivity (Wildman–Crippen MR) is 348 cm³/mol. The van der Waals surface area contributed by atoms with Crippen molar-refractivity contribution in [3.63, 3.8) is 0 Å². The van der Waals surface area contributed by atoms with Gasteiger partial charge in [-0.15, -0.1) is 0 Å². The summed E-state index contributed by atoms with van der Waals surface area (Å²) in [6.07, 6.45) is 1.54. The summed E-state index contributed by atoms with van der Waals surface area (Å²) in [5.74, 6) is -3.27. The molecule has 32 nitrogen and oxygen atoms in total. The van der Waals surface area contributed by atoms with Gasteiger partial charge in [0.25, 0.3) is 40.5 Å². The summed E-state index contributed by atoms with van der Waals surface area (Å²) in [7, 11) is -14.1. The first kappa shape index (κ1) is 78.3. The zero-order valence-corrected chi connectivity index (χ0v) is 60.5. The van der Waals surface area contributed by atoms with Crippen LogP contribution in [-0.4, -0.2) is 230 Å². The Morgan fingerprint density at radius 3 is 1.39 bits per heavy atom. The number of hydrogen-bond donors (Lipinski definition) is 4. The van der Waals surface area contributed by atoms with Crippen LogP contribution in [0.1, 0.15) is 100 Å². The first-order valence-corrected chi connectivity index (χ1v) is 39.1. The largest absolute Gasteiger partial charge is 0.460 e. The summed E-state index contributed by atoms with van der Waals surface area (Å²) in [5.41, 5.74) is -0.381. The topological polar surface area (TPSA) is 432 Å². The van der Waals surface area contributed by atoms with Gasteiger partial charge in [0.05, 0.1) is 71.6 Å². The Bertz CT molecular complexity index is 3620. The van der Waals surface area contributed by atoms with Crippen LogP contribution in [0.4, 0.5) is 0 Å². The van der Waals surface area contributed by atoms with Crippen LogP contribution in [0.3, 0.4) is 0 Å². The Morgan fingerprint density at radius 1 is 0.460 bits per heavy atom. The van der Waals surface area contributed by atoms with Gasteiger partial charge < -0.3 is 59.2 Å². The molecule has 0 aromatic heterocycles. The lowest BCUT2D eigenvalue weighted by molar-refractivity contribution is -0.141. The number of rotatable bonds is 28. The van der Waals surface area contributed by atoms with Crippen molar-refractivity contribution >= 4 is 88.0 Å². The highest BCUT2D eigenvalue weighted by molar-refractivity contribution is 7.88. The molecule has 21 atom stereocenters. The van der Waals surface area contributed by atoms with Gasteiger partial charge in [-0.25, -0.2) is 19.2 Å². The maximum atomic E-state index is 12.0. The van der Waals surface area contributed by atoms with Crippen LogP contribution >= 0.6 is 0 Å². The second-order valence-electron chi connectivity index (χ2n) is 28.7. The van der Waals surface area contributed by atoms with E-state index in [-0.39, 0.29) is 162 Å². The number of carbonyl (C=O) groups excluding carboxylic acids is 8. The zero-order valence-electron chi connectivity index (χ0n) is 57.2. The Hall–Kier alpha value is -5.80. The van der Waals surface area contributed by atoms with E-state index in [1.54, 1.807) is 34.6 Å². The quantitative estimate of drug-likeness (QED) is 0.0271. The molecule has 560 valence electrons. The van der Waals surface area contributed by atoms with Crippen LogP contribution in [0.25, 0.3) is 0 Å². The molecule has 12 rings (SSSR count). The minimum atomic E-state index is -3.53. The van der Waals surface area contributed by atoms with E-state index >= 15 is 0 Å². The highest BCUT2D eigenvalue weighted by Crippen LogP contribution is 2.65. The number of ether oxygens (including phenoxy) is 8. The summed E-state index contributed by atoms with van der Waals surface area (Å²) in [6, 6.07) is 0. The minimum absolute atomic E-state index is 0.0247. The number of esters is 4. The molecule has 4 saturated heterocycles. The van der Waals surface area contributed by atoms with Crippen molar-refractivity contribution in [3.05, 3.63) is 48.6 Å². The van der Waals surface area contributed by atoms with Gasteiger partial charge in [-0.3, -0.25) is 35.9 Å². The molecule has 0 spiro atoms. The third-order valence-corrected chi connectivity index (χ3v) is 28.7. The van der Waals surface area contributed by atoms with Gasteiger partial charge in [0.15, 0.2) is 0 Å². The first-order valence-electron chi connectivity index (χ1n) is 33.2. The molecule has 12 fully saturated rings. The second-order valence-corrected chi connectivity index (χ2v) is 35.7. The fraction of sp³-hybridized carbons (Fsp3) is 0.750. The van der Waals surface area contributed by atoms with E-state index in [0.29, 0.717) is 41.6 Å². The van der Waals surface area contributed by atoms with E-state index in [1.807, 2.05) is 20.8 Å². The average molecular weight is 1490 g/mol. The third kappa shape index (κ3) is 16.4. The van der Waals surface area contributed by atoms with Crippen LogP contribution in [-0.2, 0) is 133 Å². The highest BCUT2D eigenvalue weighted by Gasteiger charge is 2.74. The Morgan fingerprint density at radius 2 is 0.910 bits per heavy atom. The summed E-state index contributed by atoms with van der Waals surface area (Å²) in [6.45, 7) is 27.7. The van der Waals surface area contributed by atoms with E-state index in [9.17, 15) is 72.0 Å². The number of nitrogens with one attached hydrogen (secondary N) is 4. The molecule has 21 unspecified atom stereocenters. The van der Waals surface area contributed by atoms with E-state index < -0.39 is 127 Å². The van der Waals surface area contributed by atoms with Crippen LogP contribution in [0, 0.1) is 52.3 Å². The van der Waals surface area contributed by atoms with Crippen LogP contribution in [0.15, 0.2) is 48.6 Å². The van der Waals surface area contributed by atoms with E-state index in [1.165, 1.54) is 0 Å². The number of amides is 4. The van der Waals surface area contributed by atoms with Crippen molar-refractivity contribution in [3.8, 4) is 0 Å². The molecule has 4 amide bonds. The third-order valence-electron chi connectivity index (χ3n) is 21.3. The van der Waals surface area contributed by atoms with Crippen molar-refractivity contribution in [2.75, 3.05) is 79.0 Å². The molecule has 0 radical (unpaired) electrons. The lowest BCUT2D eigenvalue weighted by Crippen LogP contribution is -2.47. The zero-order chi connectivity index (χ0) is 73.6.